The van der Waals surface area contributed by atoms with Crippen molar-refractivity contribution in [1.29, 1.82) is 0 Å². The standard InChI is InChI=1S/C14H10BrFN2O2/c15-11-3-1-2-10(12(11)16)14(20)18-9-6-4-8(5-7-9)13(17)19/h1-7H,(H2,17,19)(H,18,20). The number of rotatable bonds is 3. The zero-order chi connectivity index (χ0) is 14.7. The van der Waals surface area contributed by atoms with Crippen LogP contribution in [0.4, 0.5) is 10.1 Å². The van der Waals surface area contributed by atoms with E-state index in [1.54, 1.807) is 6.07 Å². The van der Waals surface area contributed by atoms with Gasteiger partial charge in [0, 0.05) is 11.3 Å². The highest BCUT2D eigenvalue weighted by atomic mass is 79.9. The number of anilines is 1. The van der Waals surface area contributed by atoms with Crippen molar-refractivity contribution in [3.63, 3.8) is 0 Å². The van der Waals surface area contributed by atoms with Crippen molar-refractivity contribution in [1.82, 2.24) is 0 Å². The minimum absolute atomic E-state index is 0.0710. The normalized spacial score (nSPS) is 10.1. The predicted molar refractivity (Wildman–Crippen MR) is 77.0 cm³/mol. The SMILES string of the molecule is NC(=O)c1ccc(NC(=O)c2cccc(Br)c2F)cc1. The average molecular weight is 337 g/mol. The maximum Gasteiger partial charge on any atom is 0.258 e. The Bertz CT molecular complexity index is 671. The summed E-state index contributed by atoms with van der Waals surface area (Å²) in [4.78, 5) is 22.9. The number of primary amides is 1. The predicted octanol–water partition coefficient (Wildman–Crippen LogP) is 2.94. The Morgan fingerprint density at radius 1 is 1.10 bits per heavy atom. The third kappa shape index (κ3) is 3.03. The fraction of sp³-hybridized carbons (Fsp3) is 0. The highest BCUT2D eigenvalue weighted by molar-refractivity contribution is 9.10. The molecule has 3 N–H and O–H groups in total. The monoisotopic (exact) mass is 336 g/mol. The van der Waals surface area contributed by atoms with E-state index in [-0.39, 0.29) is 10.0 Å². The number of nitrogens with two attached hydrogens (primary N) is 1. The summed E-state index contributed by atoms with van der Waals surface area (Å²) < 4.78 is 14.0. The van der Waals surface area contributed by atoms with Gasteiger partial charge in [0.2, 0.25) is 5.91 Å². The Kier molecular flexibility index (Phi) is 4.14. The molecular weight excluding hydrogens is 327 g/mol. The summed E-state index contributed by atoms with van der Waals surface area (Å²) in [6.45, 7) is 0. The first-order valence-electron chi connectivity index (χ1n) is 5.64. The molecule has 0 saturated heterocycles. The first-order valence-corrected chi connectivity index (χ1v) is 6.43. The third-order valence-corrected chi connectivity index (χ3v) is 3.24. The van der Waals surface area contributed by atoms with Crippen molar-refractivity contribution in [2.75, 3.05) is 5.32 Å². The number of hydrogen-bond acceptors (Lipinski definition) is 2. The molecule has 0 bridgehead atoms. The summed E-state index contributed by atoms with van der Waals surface area (Å²) in [5.74, 6) is -1.75. The van der Waals surface area contributed by atoms with E-state index in [1.807, 2.05) is 0 Å². The van der Waals surface area contributed by atoms with E-state index >= 15 is 0 Å². The molecule has 4 nitrogen and oxygen atoms in total. The van der Waals surface area contributed by atoms with Gasteiger partial charge in [0.1, 0.15) is 5.82 Å². The molecule has 2 aromatic rings. The Morgan fingerprint density at radius 3 is 2.35 bits per heavy atom. The van der Waals surface area contributed by atoms with E-state index in [0.717, 1.165) is 0 Å². The Labute approximate surface area is 122 Å². The number of hydrogen-bond donors (Lipinski definition) is 2. The molecule has 2 amide bonds. The number of benzene rings is 2. The van der Waals surface area contributed by atoms with Crippen molar-refractivity contribution in [2.24, 2.45) is 5.73 Å². The molecule has 20 heavy (non-hydrogen) atoms. The summed E-state index contributed by atoms with van der Waals surface area (Å²) in [6, 6.07) is 10.5. The number of amides is 2. The molecule has 0 aliphatic rings. The molecule has 0 fully saturated rings. The van der Waals surface area contributed by atoms with Crippen LogP contribution in [-0.4, -0.2) is 11.8 Å². The fourth-order valence-corrected chi connectivity index (χ4v) is 1.96. The second-order valence-corrected chi connectivity index (χ2v) is 4.85. The molecule has 0 aliphatic carbocycles. The van der Waals surface area contributed by atoms with Crippen LogP contribution in [0.1, 0.15) is 20.7 Å². The number of carbonyl (C=O) groups excluding carboxylic acids is 2. The summed E-state index contributed by atoms with van der Waals surface area (Å²) in [5.41, 5.74) is 5.81. The second-order valence-electron chi connectivity index (χ2n) is 4.00. The van der Waals surface area contributed by atoms with Gasteiger partial charge in [-0.3, -0.25) is 9.59 Å². The molecule has 0 saturated carbocycles. The van der Waals surface area contributed by atoms with E-state index in [0.29, 0.717) is 11.3 Å². The van der Waals surface area contributed by atoms with Crippen molar-refractivity contribution < 1.29 is 14.0 Å². The lowest BCUT2D eigenvalue weighted by atomic mass is 10.1. The minimum atomic E-state index is -0.626. The molecule has 0 spiro atoms. The molecule has 0 unspecified atom stereocenters. The van der Waals surface area contributed by atoms with E-state index in [9.17, 15) is 14.0 Å². The van der Waals surface area contributed by atoms with Crippen LogP contribution >= 0.6 is 15.9 Å². The van der Waals surface area contributed by atoms with Gasteiger partial charge < -0.3 is 11.1 Å². The van der Waals surface area contributed by atoms with E-state index in [2.05, 4.69) is 21.2 Å². The van der Waals surface area contributed by atoms with Crippen LogP contribution in [0, 0.1) is 5.82 Å². The molecule has 2 rings (SSSR count). The van der Waals surface area contributed by atoms with Gasteiger partial charge in [-0.25, -0.2) is 4.39 Å². The van der Waals surface area contributed by atoms with Crippen LogP contribution < -0.4 is 11.1 Å². The van der Waals surface area contributed by atoms with Gasteiger partial charge in [-0.05, 0) is 52.3 Å². The van der Waals surface area contributed by atoms with Gasteiger partial charge in [-0.1, -0.05) is 6.07 Å². The first kappa shape index (κ1) is 14.2. The number of nitrogens with one attached hydrogen (secondary N) is 1. The summed E-state index contributed by atoms with van der Waals surface area (Å²) in [5, 5.41) is 2.54. The highest BCUT2D eigenvalue weighted by Gasteiger charge is 2.14. The molecule has 102 valence electrons. The van der Waals surface area contributed by atoms with Crippen LogP contribution in [0.5, 0.6) is 0 Å². The first-order chi connectivity index (χ1) is 9.49. The topological polar surface area (TPSA) is 72.2 Å². The maximum atomic E-state index is 13.8. The highest BCUT2D eigenvalue weighted by Crippen LogP contribution is 2.20. The van der Waals surface area contributed by atoms with Crippen molar-refractivity contribution in [3.8, 4) is 0 Å². The van der Waals surface area contributed by atoms with Gasteiger partial charge >= 0.3 is 0 Å². The van der Waals surface area contributed by atoms with Crippen molar-refractivity contribution in [3.05, 3.63) is 63.9 Å². The quantitative estimate of drug-likeness (QED) is 0.904. The van der Waals surface area contributed by atoms with Gasteiger partial charge in [-0.15, -0.1) is 0 Å². The molecule has 2 aromatic carbocycles. The zero-order valence-corrected chi connectivity index (χ0v) is 11.8. The zero-order valence-electron chi connectivity index (χ0n) is 10.2. The minimum Gasteiger partial charge on any atom is -0.366 e. The number of halogens is 2. The lowest BCUT2D eigenvalue weighted by Gasteiger charge is -2.07. The molecule has 0 atom stereocenters. The van der Waals surface area contributed by atoms with Crippen LogP contribution in [0.25, 0.3) is 0 Å². The Hall–Kier alpha value is -2.21. The molecule has 0 heterocycles. The van der Waals surface area contributed by atoms with Crippen molar-refractivity contribution >= 4 is 33.4 Å². The molecule has 0 radical (unpaired) electrons. The van der Waals surface area contributed by atoms with Crippen LogP contribution in [0.3, 0.4) is 0 Å². The third-order valence-electron chi connectivity index (χ3n) is 2.62. The summed E-state index contributed by atoms with van der Waals surface area (Å²) in [7, 11) is 0. The van der Waals surface area contributed by atoms with Gasteiger partial charge in [0.15, 0.2) is 0 Å². The Morgan fingerprint density at radius 2 is 1.75 bits per heavy atom. The number of carbonyl (C=O) groups is 2. The van der Waals surface area contributed by atoms with E-state index in [4.69, 9.17) is 5.73 Å². The lowest BCUT2D eigenvalue weighted by molar-refractivity contribution is 0.0997. The smallest absolute Gasteiger partial charge is 0.258 e. The van der Waals surface area contributed by atoms with Gasteiger partial charge in [0.05, 0.1) is 10.0 Å². The van der Waals surface area contributed by atoms with Crippen LogP contribution in [0.2, 0.25) is 0 Å². The van der Waals surface area contributed by atoms with Gasteiger partial charge in [0.25, 0.3) is 5.91 Å². The largest absolute Gasteiger partial charge is 0.366 e. The molecular formula is C14H10BrFN2O2. The molecule has 6 heteroatoms. The Balaban J connectivity index is 2.19. The van der Waals surface area contributed by atoms with E-state index < -0.39 is 17.6 Å². The average Bonchev–Trinajstić information content (AvgIpc) is 2.42. The van der Waals surface area contributed by atoms with Crippen LogP contribution in [-0.2, 0) is 0 Å². The second kappa shape index (κ2) is 5.83. The molecule has 0 aromatic heterocycles. The van der Waals surface area contributed by atoms with E-state index in [1.165, 1.54) is 36.4 Å². The summed E-state index contributed by atoms with van der Waals surface area (Å²) >= 11 is 3.02. The van der Waals surface area contributed by atoms with Crippen molar-refractivity contribution in [2.45, 2.75) is 0 Å². The summed E-state index contributed by atoms with van der Waals surface area (Å²) in [6.07, 6.45) is 0. The van der Waals surface area contributed by atoms with Gasteiger partial charge in [-0.2, -0.15) is 0 Å². The van der Waals surface area contributed by atoms with Crippen LogP contribution in [0.15, 0.2) is 46.9 Å². The lowest BCUT2D eigenvalue weighted by Crippen LogP contribution is -2.14. The maximum absolute atomic E-state index is 13.8. The fourth-order valence-electron chi connectivity index (χ4n) is 1.60. The molecule has 0 aliphatic heterocycles.